The number of aromatic nitrogens is 3. The molecule has 0 spiro atoms. The molecule has 0 radical (unpaired) electrons. The predicted molar refractivity (Wildman–Crippen MR) is 150 cm³/mol. The summed E-state index contributed by atoms with van der Waals surface area (Å²) in [5.74, 6) is 0.908. The monoisotopic (exact) mass is 495 g/mol. The van der Waals surface area contributed by atoms with E-state index in [0.29, 0.717) is 13.1 Å². The summed E-state index contributed by atoms with van der Waals surface area (Å²) < 4.78 is 3.38. The standard InChI is InChI=1S/C32H37N3O2/c1-6-34-30(33-35(31(34)37)22-25-16-18-29(19-17-25)32(3,4)5)15-8-11-24-10-7-13-27(20-24)28-14-9-12-26(21-28)23(2)36/h7,9-10,12-14,16-21H,6,8,11,15,22H2,1-5H3. The maximum absolute atomic E-state index is 13.0. The zero-order valence-electron chi connectivity index (χ0n) is 22.6. The first-order chi connectivity index (χ1) is 17.7. The molecule has 5 nitrogen and oxygen atoms in total. The van der Waals surface area contributed by atoms with Crippen LogP contribution in [0, 0.1) is 0 Å². The lowest BCUT2D eigenvalue weighted by Crippen LogP contribution is -2.25. The summed E-state index contributed by atoms with van der Waals surface area (Å²) >= 11 is 0. The van der Waals surface area contributed by atoms with Crippen LogP contribution in [0.25, 0.3) is 11.1 Å². The number of Topliss-reactive ketones (excluding diaryl/α,β-unsaturated/α-hetero) is 1. The van der Waals surface area contributed by atoms with E-state index in [4.69, 9.17) is 5.10 Å². The molecular formula is C32H37N3O2. The van der Waals surface area contributed by atoms with Gasteiger partial charge in [0.15, 0.2) is 5.78 Å². The third-order valence-corrected chi connectivity index (χ3v) is 6.86. The normalized spacial score (nSPS) is 11.6. The summed E-state index contributed by atoms with van der Waals surface area (Å²) in [5.41, 5.74) is 6.51. The topological polar surface area (TPSA) is 56.9 Å². The van der Waals surface area contributed by atoms with Gasteiger partial charge in [-0.1, -0.05) is 87.5 Å². The summed E-state index contributed by atoms with van der Waals surface area (Å²) in [6.45, 7) is 11.3. The van der Waals surface area contributed by atoms with Crippen molar-refractivity contribution in [3.63, 3.8) is 0 Å². The predicted octanol–water partition coefficient (Wildman–Crippen LogP) is 6.46. The average molecular weight is 496 g/mol. The van der Waals surface area contributed by atoms with Crippen molar-refractivity contribution in [1.29, 1.82) is 0 Å². The lowest BCUT2D eigenvalue weighted by Gasteiger charge is -2.19. The van der Waals surface area contributed by atoms with E-state index in [1.54, 1.807) is 16.2 Å². The molecule has 0 atom stereocenters. The van der Waals surface area contributed by atoms with E-state index < -0.39 is 0 Å². The van der Waals surface area contributed by atoms with Crippen LogP contribution < -0.4 is 5.69 Å². The Morgan fingerprint density at radius 3 is 2.19 bits per heavy atom. The van der Waals surface area contributed by atoms with Crippen LogP contribution in [0.1, 0.15) is 73.9 Å². The van der Waals surface area contributed by atoms with Crippen LogP contribution in [0.5, 0.6) is 0 Å². The molecule has 0 aliphatic carbocycles. The Kier molecular flexibility index (Phi) is 7.91. The Bertz CT molecular complexity index is 1440. The molecule has 1 heterocycles. The minimum absolute atomic E-state index is 0.0512. The summed E-state index contributed by atoms with van der Waals surface area (Å²) in [6, 6.07) is 24.7. The Morgan fingerprint density at radius 2 is 1.54 bits per heavy atom. The van der Waals surface area contributed by atoms with Gasteiger partial charge in [0.2, 0.25) is 0 Å². The van der Waals surface area contributed by atoms with E-state index in [2.05, 4.69) is 69.3 Å². The molecule has 37 heavy (non-hydrogen) atoms. The van der Waals surface area contributed by atoms with Crippen molar-refractivity contribution in [3.8, 4) is 11.1 Å². The number of carbonyl (C=O) groups excluding carboxylic acids is 1. The highest BCUT2D eigenvalue weighted by Gasteiger charge is 2.15. The largest absolute Gasteiger partial charge is 0.346 e. The average Bonchev–Trinajstić information content (AvgIpc) is 3.17. The third-order valence-electron chi connectivity index (χ3n) is 6.86. The molecule has 0 aliphatic rings. The van der Waals surface area contributed by atoms with Crippen molar-refractivity contribution in [2.45, 2.75) is 72.4 Å². The van der Waals surface area contributed by atoms with Gasteiger partial charge >= 0.3 is 5.69 Å². The van der Waals surface area contributed by atoms with Crippen LogP contribution in [-0.2, 0) is 31.3 Å². The summed E-state index contributed by atoms with van der Waals surface area (Å²) in [4.78, 5) is 24.8. The quantitative estimate of drug-likeness (QED) is 0.251. The minimum atomic E-state index is -0.0512. The van der Waals surface area contributed by atoms with Gasteiger partial charge in [0, 0.05) is 18.5 Å². The Labute approximate surface area is 219 Å². The molecule has 3 aromatic carbocycles. The van der Waals surface area contributed by atoms with E-state index >= 15 is 0 Å². The molecule has 0 fully saturated rings. The fourth-order valence-electron chi connectivity index (χ4n) is 4.65. The van der Waals surface area contributed by atoms with E-state index in [9.17, 15) is 9.59 Å². The fourth-order valence-corrected chi connectivity index (χ4v) is 4.65. The maximum atomic E-state index is 13.0. The fraction of sp³-hybridized carbons (Fsp3) is 0.344. The number of hydrogen-bond donors (Lipinski definition) is 0. The third kappa shape index (κ3) is 6.34. The highest BCUT2D eigenvalue weighted by Crippen LogP contribution is 2.23. The van der Waals surface area contributed by atoms with Gasteiger partial charge in [0.05, 0.1) is 6.54 Å². The Morgan fingerprint density at radius 1 is 0.865 bits per heavy atom. The molecular weight excluding hydrogens is 458 g/mol. The minimum Gasteiger partial charge on any atom is -0.295 e. The number of hydrogen-bond acceptors (Lipinski definition) is 3. The van der Waals surface area contributed by atoms with Crippen LogP contribution in [0.3, 0.4) is 0 Å². The number of ketones is 1. The molecule has 0 unspecified atom stereocenters. The zero-order valence-corrected chi connectivity index (χ0v) is 22.6. The SMILES string of the molecule is CCn1c(CCCc2cccc(-c3cccc(C(C)=O)c3)c2)nn(Cc2ccc(C(C)(C)C)cc2)c1=O. The van der Waals surface area contributed by atoms with E-state index in [1.807, 2.05) is 31.2 Å². The van der Waals surface area contributed by atoms with Crippen molar-refractivity contribution in [1.82, 2.24) is 14.3 Å². The number of carbonyl (C=O) groups is 1. The molecule has 1 aromatic heterocycles. The molecule has 0 saturated heterocycles. The van der Waals surface area contributed by atoms with Crippen LogP contribution >= 0.6 is 0 Å². The highest BCUT2D eigenvalue weighted by atomic mass is 16.2. The van der Waals surface area contributed by atoms with Gasteiger partial charge in [-0.15, -0.1) is 0 Å². The smallest absolute Gasteiger partial charge is 0.295 e. The van der Waals surface area contributed by atoms with Crippen molar-refractivity contribution in [3.05, 3.63) is 111 Å². The Hall–Kier alpha value is -3.73. The van der Waals surface area contributed by atoms with Crippen LogP contribution in [0.4, 0.5) is 0 Å². The summed E-state index contributed by atoms with van der Waals surface area (Å²) in [6.07, 6.45) is 2.52. The number of nitrogens with zero attached hydrogens (tertiary/aromatic N) is 3. The lowest BCUT2D eigenvalue weighted by atomic mass is 9.87. The van der Waals surface area contributed by atoms with Crippen molar-refractivity contribution < 1.29 is 4.79 Å². The number of benzene rings is 3. The van der Waals surface area contributed by atoms with Crippen LogP contribution in [0.2, 0.25) is 0 Å². The van der Waals surface area contributed by atoms with Gasteiger partial charge in [-0.25, -0.2) is 9.48 Å². The van der Waals surface area contributed by atoms with E-state index in [-0.39, 0.29) is 16.9 Å². The van der Waals surface area contributed by atoms with Gasteiger partial charge in [0.1, 0.15) is 5.82 Å². The second-order valence-electron chi connectivity index (χ2n) is 10.7. The number of rotatable bonds is 9. The van der Waals surface area contributed by atoms with Gasteiger partial charge in [-0.2, -0.15) is 5.10 Å². The lowest BCUT2D eigenvalue weighted by molar-refractivity contribution is 0.101. The first kappa shape index (κ1) is 26.3. The molecule has 4 rings (SSSR count). The number of aryl methyl sites for hydroxylation is 2. The van der Waals surface area contributed by atoms with Gasteiger partial charge in [-0.3, -0.25) is 9.36 Å². The molecule has 0 amide bonds. The van der Waals surface area contributed by atoms with Crippen LogP contribution in [-0.4, -0.2) is 20.1 Å². The molecule has 4 aromatic rings. The van der Waals surface area contributed by atoms with E-state index in [0.717, 1.165) is 47.3 Å². The van der Waals surface area contributed by atoms with E-state index in [1.165, 1.54) is 11.1 Å². The maximum Gasteiger partial charge on any atom is 0.346 e. The molecule has 0 aliphatic heterocycles. The van der Waals surface area contributed by atoms with Gasteiger partial charge in [-0.05, 0) is 66.0 Å². The zero-order chi connectivity index (χ0) is 26.6. The van der Waals surface area contributed by atoms with Crippen molar-refractivity contribution in [2.24, 2.45) is 0 Å². The first-order valence-corrected chi connectivity index (χ1v) is 13.1. The van der Waals surface area contributed by atoms with Crippen LogP contribution in [0.15, 0.2) is 77.6 Å². The molecule has 0 saturated carbocycles. The molecule has 5 heteroatoms. The first-order valence-electron chi connectivity index (χ1n) is 13.1. The summed E-state index contributed by atoms with van der Waals surface area (Å²) in [5, 5.41) is 4.70. The van der Waals surface area contributed by atoms with Crippen molar-refractivity contribution in [2.75, 3.05) is 0 Å². The highest BCUT2D eigenvalue weighted by molar-refractivity contribution is 5.95. The second kappa shape index (κ2) is 11.1. The van der Waals surface area contributed by atoms with Crippen molar-refractivity contribution >= 4 is 5.78 Å². The van der Waals surface area contributed by atoms with Gasteiger partial charge in [0.25, 0.3) is 0 Å². The Balaban J connectivity index is 1.44. The molecule has 0 bridgehead atoms. The molecule has 0 N–H and O–H groups in total. The molecule has 192 valence electrons. The van der Waals surface area contributed by atoms with Gasteiger partial charge < -0.3 is 0 Å². The summed E-state index contributed by atoms with van der Waals surface area (Å²) in [7, 11) is 0. The second-order valence-corrected chi connectivity index (χ2v) is 10.7.